The number of nitrogens with one attached hydrogen (secondary N) is 1. The third-order valence-electron chi connectivity index (χ3n) is 3.85. The fourth-order valence-electron chi connectivity index (χ4n) is 2.72. The van der Waals surface area contributed by atoms with Gasteiger partial charge in [0.25, 0.3) is 0 Å². The zero-order chi connectivity index (χ0) is 14.7. The van der Waals surface area contributed by atoms with Gasteiger partial charge in [0.05, 0.1) is 6.04 Å². The van der Waals surface area contributed by atoms with Crippen LogP contribution in [0.1, 0.15) is 24.4 Å². The second kappa shape index (κ2) is 6.08. The highest BCUT2D eigenvalue weighted by Gasteiger charge is 2.15. The number of imidazole rings is 1. The lowest BCUT2D eigenvalue weighted by Gasteiger charge is -2.17. The molecule has 1 unspecified atom stereocenters. The Kier molecular flexibility index (Phi) is 3.99. The van der Waals surface area contributed by atoms with Crippen molar-refractivity contribution in [2.75, 3.05) is 0 Å². The highest BCUT2D eigenvalue weighted by molar-refractivity contribution is 5.83. The third kappa shape index (κ3) is 2.82. The van der Waals surface area contributed by atoms with E-state index in [0.29, 0.717) is 0 Å². The zero-order valence-electron chi connectivity index (χ0n) is 12.2. The summed E-state index contributed by atoms with van der Waals surface area (Å²) in [6.45, 7) is 3.00. The molecule has 4 nitrogen and oxygen atoms in total. The lowest BCUT2D eigenvalue weighted by atomic mass is 10.0. The number of rotatable bonds is 5. The molecule has 0 radical (unpaired) electrons. The molecule has 108 valence electrons. The summed E-state index contributed by atoms with van der Waals surface area (Å²) < 4.78 is 2.12. The Morgan fingerprint density at radius 2 is 2.00 bits per heavy atom. The Balaban J connectivity index is 1.88. The molecule has 21 heavy (non-hydrogen) atoms. The number of benzene rings is 2. The van der Waals surface area contributed by atoms with E-state index in [9.17, 15) is 0 Å². The number of nitrogens with two attached hydrogens (primary N) is 1. The molecule has 1 atom stereocenters. The number of fused-ring (bicyclic) bond motifs is 1. The van der Waals surface area contributed by atoms with E-state index < -0.39 is 0 Å². The van der Waals surface area contributed by atoms with E-state index in [1.54, 1.807) is 0 Å². The van der Waals surface area contributed by atoms with Crippen LogP contribution in [0.25, 0.3) is 10.8 Å². The van der Waals surface area contributed by atoms with Crippen LogP contribution in [-0.2, 0) is 13.0 Å². The SMILES string of the molecule is CCn1ccnc1C(Cc1ccc2ccccc2c1)NN. The first-order chi connectivity index (χ1) is 10.3. The van der Waals surface area contributed by atoms with Gasteiger partial charge in [0.15, 0.2) is 0 Å². The van der Waals surface area contributed by atoms with Crippen LogP contribution in [0.5, 0.6) is 0 Å². The maximum atomic E-state index is 5.74. The van der Waals surface area contributed by atoms with E-state index in [1.165, 1.54) is 16.3 Å². The van der Waals surface area contributed by atoms with Gasteiger partial charge in [-0.15, -0.1) is 0 Å². The molecule has 0 aliphatic carbocycles. The topological polar surface area (TPSA) is 55.9 Å². The first kappa shape index (κ1) is 13.8. The highest BCUT2D eigenvalue weighted by Crippen LogP contribution is 2.20. The molecule has 2 aromatic carbocycles. The van der Waals surface area contributed by atoms with E-state index in [1.807, 2.05) is 12.4 Å². The summed E-state index contributed by atoms with van der Waals surface area (Å²) in [6.07, 6.45) is 4.63. The predicted molar refractivity (Wildman–Crippen MR) is 85.6 cm³/mol. The van der Waals surface area contributed by atoms with Crippen molar-refractivity contribution in [2.45, 2.75) is 25.9 Å². The Labute approximate surface area is 124 Å². The molecule has 0 amide bonds. The minimum absolute atomic E-state index is 0.0149. The van der Waals surface area contributed by atoms with Crippen molar-refractivity contribution < 1.29 is 0 Å². The molecule has 0 aliphatic heterocycles. The third-order valence-corrected chi connectivity index (χ3v) is 3.85. The quantitative estimate of drug-likeness (QED) is 0.558. The minimum atomic E-state index is 0.0149. The van der Waals surface area contributed by atoms with Gasteiger partial charge in [-0.3, -0.25) is 5.84 Å². The van der Waals surface area contributed by atoms with Gasteiger partial charge in [-0.25, -0.2) is 10.4 Å². The van der Waals surface area contributed by atoms with E-state index in [2.05, 4.69) is 64.4 Å². The van der Waals surface area contributed by atoms with Gasteiger partial charge in [0.2, 0.25) is 0 Å². The first-order valence-electron chi connectivity index (χ1n) is 7.26. The molecular weight excluding hydrogens is 260 g/mol. The fraction of sp³-hybridized carbons (Fsp3) is 0.235. The molecule has 1 heterocycles. The predicted octanol–water partition coefficient (Wildman–Crippen LogP) is 2.80. The van der Waals surface area contributed by atoms with Crippen molar-refractivity contribution in [2.24, 2.45) is 5.84 Å². The molecular formula is C17H20N4. The highest BCUT2D eigenvalue weighted by atomic mass is 15.3. The Morgan fingerprint density at radius 1 is 1.19 bits per heavy atom. The van der Waals surface area contributed by atoms with Gasteiger partial charge in [0.1, 0.15) is 5.82 Å². The van der Waals surface area contributed by atoms with E-state index in [-0.39, 0.29) is 6.04 Å². The molecule has 0 saturated heterocycles. The lowest BCUT2D eigenvalue weighted by Crippen LogP contribution is -2.31. The summed E-state index contributed by atoms with van der Waals surface area (Å²) in [4.78, 5) is 4.44. The molecule has 0 bridgehead atoms. The standard InChI is InChI=1S/C17H20N4/c1-2-21-10-9-19-17(21)16(20-18)12-13-7-8-14-5-3-4-6-15(14)11-13/h3-11,16,20H,2,12,18H2,1H3. The molecule has 0 aliphatic rings. The zero-order valence-corrected chi connectivity index (χ0v) is 12.2. The van der Waals surface area contributed by atoms with Crippen LogP contribution in [0.15, 0.2) is 54.9 Å². The van der Waals surface area contributed by atoms with Crippen molar-refractivity contribution in [3.8, 4) is 0 Å². The van der Waals surface area contributed by atoms with Crippen molar-refractivity contribution in [1.82, 2.24) is 15.0 Å². The van der Waals surface area contributed by atoms with E-state index in [0.717, 1.165) is 18.8 Å². The molecule has 4 heteroatoms. The van der Waals surface area contributed by atoms with Crippen LogP contribution in [-0.4, -0.2) is 9.55 Å². The molecule has 0 spiro atoms. The smallest absolute Gasteiger partial charge is 0.127 e. The number of hydrogen-bond acceptors (Lipinski definition) is 3. The van der Waals surface area contributed by atoms with Crippen LogP contribution in [0, 0.1) is 0 Å². The summed E-state index contributed by atoms with van der Waals surface area (Å²) in [6, 6.07) is 14.9. The monoisotopic (exact) mass is 280 g/mol. The summed E-state index contributed by atoms with van der Waals surface area (Å²) in [5.41, 5.74) is 4.14. The Hall–Kier alpha value is -2.17. The molecule has 0 fully saturated rings. The Bertz CT molecular complexity index is 732. The summed E-state index contributed by atoms with van der Waals surface area (Å²) in [7, 11) is 0. The van der Waals surface area contributed by atoms with Gasteiger partial charge in [-0.2, -0.15) is 0 Å². The minimum Gasteiger partial charge on any atom is -0.334 e. The molecule has 0 saturated carbocycles. The number of aryl methyl sites for hydroxylation is 1. The maximum Gasteiger partial charge on any atom is 0.127 e. The van der Waals surface area contributed by atoms with Crippen LogP contribution in [0.4, 0.5) is 0 Å². The van der Waals surface area contributed by atoms with Gasteiger partial charge in [0, 0.05) is 18.9 Å². The Morgan fingerprint density at radius 3 is 2.76 bits per heavy atom. The largest absolute Gasteiger partial charge is 0.334 e. The summed E-state index contributed by atoms with van der Waals surface area (Å²) in [5.74, 6) is 6.72. The van der Waals surface area contributed by atoms with Gasteiger partial charge < -0.3 is 4.57 Å². The fourth-order valence-corrected chi connectivity index (χ4v) is 2.72. The number of aromatic nitrogens is 2. The maximum absolute atomic E-state index is 5.74. The number of nitrogens with zero attached hydrogens (tertiary/aromatic N) is 2. The molecule has 3 rings (SSSR count). The van der Waals surface area contributed by atoms with Crippen LogP contribution in [0.2, 0.25) is 0 Å². The molecule has 3 N–H and O–H groups in total. The molecule has 1 aromatic heterocycles. The second-order valence-corrected chi connectivity index (χ2v) is 5.18. The van der Waals surface area contributed by atoms with Crippen LogP contribution >= 0.6 is 0 Å². The van der Waals surface area contributed by atoms with Crippen molar-refractivity contribution in [3.63, 3.8) is 0 Å². The lowest BCUT2D eigenvalue weighted by molar-refractivity contribution is 0.496. The second-order valence-electron chi connectivity index (χ2n) is 5.18. The van der Waals surface area contributed by atoms with Gasteiger partial charge in [-0.1, -0.05) is 42.5 Å². The van der Waals surface area contributed by atoms with Gasteiger partial charge in [-0.05, 0) is 29.7 Å². The average molecular weight is 280 g/mol. The number of hydrogen-bond donors (Lipinski definition) is 2. The van der Waals surface area contributed by atoms with E-state index >= 15 is 0 Å². The van der Waals surface area contributed by atoms with Crippen LogP contribution in [0.3, 0.4) is 0 Å². The molecule has 3 aromatic rings. The van der Waals surface area contributed by atoms with Crippen molar-refractivity contribution >= 4 is 10.8 Å². The summed E-state index contributed by atoms with van der Waals surface area (Å²) >= 11 is 0. The van der Waals surface area contributed by atoms with Crippen LogP contribution < -0.4 is 11.3 Å². The number of hydrazine groups is 1. The van der Waals surface area contributed by atoms with Crippen molar-refractivity contribution in [3.05, 3.63) is 66.2 Å². The average Bonchev–Trinajstić information content (AvgIpc) is 3.01. The van der Waals surface area contributed by atoms with Crippen molar-refractivity contribution in [1.29, 1.82) is 0 Å². The normalized spacial score (nSPS) is 12.7. The summed E-state index contributed by atoms with van der Waals surface area (Å²) in [5, 5.41) is 2.51. The first-order valence-corrected chi connectivity index (χ1v) is 7.26. The van der Waals surface area contributed by atoms with E-state index in [4.69, 9.17) is 5.84 Å². The van der Waals surface area contributed by atoms with Gasteiger partial charge >= 0.3 is 0 Å².